The Hall–Kier alpha value is -1.45. The van der Waals surface area contributed by atoms with E-state index in [1.54, 1.807) is 0 Å². The molecule has 2 rings (SSSR count). The first-order valence-corrected chi connectivity index (χ1v) is 5.17. The van der Waals surface area contributed by atoms with Crippen LogP contribution < -0.4 is 10.6 Å². The van der Waals surface area contributed by atoms with Crippen LogP contribution in [0.15, 0.2) is 41.5 Å². The number of hydrogen-bond acceptors (Lipinski definition) is 2. The number of nitrogens with zero attached hydrogens (tertiary/aromatic N) is 1. The van der Waals surface area contributed by atoms with Crippen LogP contribution in [0.2, 0.25) is 0 Å². The average Bonchev–Trinajstić information content (AvgIpc) is 2.78. The maximum Gasteiger partial charge on any atom is 0.222 e. The van der Waals surface area contributed by atoms with Crippen LogP contribution in [0.5, 0.6) is 0 Å². The van der Waals surface area contributed by atoms with Crippen molar-refractivity contribution < 1.29 is 5.32 Å². The van der Waals surface area contributed by atoms with E-state index in [1.807, 2.05) is 25.2 Å². The summed E-state index contributed by atoms with van der Waals surface area (Å²) < 4.78 is 0. The molecule has 0 radical (unpaired) electrons. The molecule has 3 N–H and O–H groups in total. The van der Waals surface area contributed by atoms with Gasteiger partial charge in [0.1, 0.15) is 11.9 Å². The lowest BCUT2D eigenvalue weighted by atomic mass is 10.2. The van der Waals surface area contributed by atoms with Gasteiger partial charge in [-0.2, -0.15) is 4.99 Å². The van der Waals surface area contributed by atoms with Gasteiger partial charge in [0.05, 0.1) is 6.04 Å². The SMILES string of the molecule is CNC(C)C1=NC(c2ccccc2)=C[NH2+]1. The van der Waals surface area contributed by atoms with Crippen molar-refractivity contribution in [2.75, 3.05) is 7.05 Å². The van der Waals surface area contributed by atoms with Gasteiger partial charge in [-0.15, -0.1) is 0 Å². The normalized spacial score (nSPS) is 17.2. The molecule has 3 nitrogen and oxygen atoms in total. The standard InChI is InChI=1S/C12H15N3/c1-9(13-2)12-14-8-11(15-12)10-6-4-3-5-7-10/h3-9,13H,1-2H3,(H,14,15)/p+1. The largest absolute Gasteiger partial charge is 0.307 e. The van der Waals surface area contributed by atoms with Crippen molar-refractivity contribution in [2.45, 2.75) is 13.0 Å². The summed E-state index contributed by atoms with van der Waals surface area (Å²) >= 11 is 0. The first-order chi connectivity index (χ1) is 7.31. The number of nitrogens with two attached hydrogens (primary N) is 1. The number of hydrogen-bond donors (Lipinski definition) is 2. The monoisotopic (exact) mass is 202 g/mol. The van der Waals surface area contributed by atoms with Gasteiger partial charge in [-0.1, -0.05) is 30.3 Å². The lowest BCUT2D eigenvalue weighted by molar-refractivity contribution is -0.460. The highest BCUT2D eigenvalue weighted by atomic mass is 15.1. The Balaban J connectivity index is 2.18. The first-order valence-electron chi connectivity index (χ1n) is 5.17. The van der Waals surface area contributed by atoms with Gasteiger partial charge < -0.3 is 5.32 Å². The van der Waals surface area contributed by atoms with Crippen LogP contribution in [-0.2, 0) is 0 Å². The van der Waals surface area contributed by atoms with Crippen molar-refractivity contribution in [3.63, 3.8) is 0 Å². The summed E-state index contributed by atoms with van der Waals surface area (Å²) in [6.45, 7) is 2.11. The van der Waals surface area contributed by atoms with Gasteiger partial charge in [0, 0.05) is 5.56 Å². The zero-order valence-corrected chi connectivity index (χ0v) is 9.07. The Labute approximate surface area is 89.9 Å². The molecule has 0 saturated carbocycles. The second-order valence-corrected chi connectivity index (χ2v) is 3.63. The average molecular weight is 202 g/mol. The van der Waals surface area contributed by atoms with Crippen molar-refractivity contribution in [3.8, 4) is 0 Å². The number of nitrogens with one attached hydrogen (secondary N) is 1. The minimum Gasteiger partial charge on any atom is -0.307 e. The lowest BCUT2D eigenvalue weighted by Crippen LogP contribution is -2.84. The predicted molar refractivity (Wildman–Crippen MR) is 62.3 cm³/mol. The molecule has 1 atom stereocenters. The molecule has 1 aliphatic rings. The molecule has 15 heavy (non-hydrogen) atoms. The van der Waals surface area contributed by atoms with Crippen molar-refractivity contribution in [2.24, 2.45) is 4.99 Å². The van der Waals surface area contributed by atoms with Gasteiger partial charge >= 0.3 is 0 Å². The highest BCUT2D eigenvalue weighted by molar-refractivity contribution is 5.88. The van der Waals surface area contributed by atoms with Crippen molar-refractivity contribution >= 4 is 11.5 Å². The summed E-state index contributed by atoms with van der Waals surface area (Å²) in [5.41, 5.74) is 2.22. The summed E-state index contributed by atoms with van der Waals surface area (Å²) in [5.74, 6) is 1.09. The van der Waals surface area contributed by atoms with Gasteiger partial charge in [-0.3, -0.25) is 5.32 Å². The van der Waals surface area contributed by atoms with E-state index in [1.165, 1.54) is 5.56 Å². The Bertz CT molecular complexity index is 393. The fourth-order valence-electron chi connectivity index (χ4n) is 1.54. The Morgan fingerprint density at radius 3 is 2.67 bits per heavy atom. The Morgan fingerprint density at radius 2 is 2.00 bits per heavy atom. The highest BCUT2D eigenvalue weighted by Crippen LogP contribution is 2.15. The maximum atomic E-state index is 4.59. The zero-order chi connectivity index (χ0) is 10.7. The third-order valence-corrected chi connectivity index (χ3v) is 2.61. The number of amidine groups is 1. The molecule has 78 valence electrons. The van der Waals surface area contributed by atoms with Crippen LogP contribution in [0.1, 0.15) is 12.5 Å². The second kappa shape index (κ2) is 4.38. The molecule has 0 aliphatic carbocycles. The Kier molecular flexibility index (Phi) is 2.94. The molecule has 1 heterocycles. The minimum atomic E-state index is 0.308. The number of quaternary nitrogens is 1. The molecule has 0 amide bonds. The molecule has 1 aliphatic heterocycles. The summed E-state index contributed by atoms with van der Waals surface area (Å²) in [5, 5.41) is 5.26. The molecular weight excluding hydrogens is 186 g/mol. The minimum absolute atomic E-state index is 0.308. The fourth-order valence-corrected chi connectivity index (χ4v) is 1.54. The molecule has 1 aromatic rings. The van der Waals surface area contributed by atoms with Crippen LogP contribution in [0.3, 0.4) is 0 Å². The topological polar surface area (TPSA) is 41.0 Å². The summed E-state index contributed by atoms with van der Waals surface area (Å²) in [6.07, 6.45) is 2.07. The first kappa shape index (κ1) is 10.1. The van der Waals surface area contributed by atoms with E-state index in [0.717, 1.165) is 11.5 Å². The highest BCUT2D eigenvalue weighted by Gasteiger charge is 2.19. The summed E-state index contributed by atoms with van der Waals surface area (Å²) in [6, 6.07) is 10.6. The molecule has 1 aromatic carbocycles. The molecule has 0 spiro atoms. The maximum absolute atomic E-state index is 4.59. The van der Waals surface area contributed by atoms with Gasteiger partial charge in [0.2, 0.25) is 5.84 Å². The lowest BCUT2D eigenvalue weighted by Gasteiger charge is -2.04. The molecular formula is C12H16N3+. The Morgan fingerprint density at radius 1 is 1.27 bits per heavy atom. The van der Waals surface area contributed by atoms with Crippen LogP contribution in [0.25, 0.3) is 5.70 Å². The van der Waals surface area contributed by atoms with E-state index in [-0.39, 0.29) is 0 Å². The number of likely N-dealkylation sites (N-methyl/N-ethyl adjacent to an activating group) is 1. The molecule has 0 aromatic heterocycles. The quantitative estimate of drug-likeness (QED) is 0.739. The van der Waals surface area contributed by atoms with E-state index in [0.29, 0.717) is 6.04 Å². The van der Waals surface area contributed by atoms with Crippen LogP contribution in [-0.4, -0.2) is 18.9 Å². The second-order valence-electron chi connectivity index (χ2n) is 3.63. The van der Waals surface area contributed by atoms with Gasteiger partial charge in [-0.05, 0) is 14.0 Å². The van der Waals surface area contributed by atoms with Crippen LogP contribution in [0.4, 0.5) is 0 Å². The fraction of sp³-hybridized carbons (Fsp3) is 0.250. The van der Waals surface area contributed by atoms with Crippen molar-refractivity contribution in [3.05, 3.63) is 42.1 Å². The number of rotatable bonds is 3. The molecule has 0 bridgehead atoms. The molecule has 1 unspecified atom stereocenters. The van der Waals surface area contributed by atoms with Gasteiger partial charge in [-0.25, -0.2) is 0 Å². The molecule has 3 heteroatoms. The summed E-state index contributed by atoms with van der Waals surface area (Å²) in [4.78, 5) is 4.59. The number of aliphatic imine (C=N–C) groups is 1. The van der Waals surface area contributed by atoms with Crippen molar-refractivity contribution in [1.29, 1.82) is 0 Å². The number of benzene rings is 1. The van der Waals surface area contributed by atoms with Crippen molar-refractivity contribution in [1.82, 2.24) is 5.32 Å². The summed E-state index contributed by atoms with van der Waals surface area (Å²) in [7, 11) is 1.95. The van der Waals surface area contributed by atoms with E-state index < -0.39 is 0 Å². The molecule has 0 fully saturated rings. The van der Waals surface area contributed by atoms with Gasteiger partial charge in [0.25, 0.3) is 0 Å². The van der Waals surface area contributed by atoms with E-state index >= 15 is 0 Å². The van der Waals surface area contributed by atoms with E-state index in [2.05, 4.69) is 40.9 Å². The third kappa shape index (κ3) is 2.14. The van der Waals surface area contributed by atoms with Crippen LogP contribution >= 0.6 is 0 Å². The van der Waals surface area contributed by atoms with Crippen LogP contribution in [0, 0.1) is 0 Å². The van der Waals surface area contributed by atoms with Gasteiger partial charge in [0.15, 0.2) is 0 Å². The molecule has 0 saturated heterocycles. The van der Waals surface area contributed by atoms with E-state index in [9.17, 15) is 0 Å². The predicted octanol–water partition coefficient (Wildman–Crippen LogP) is 0.568. The smallest absolute Gasteiger partial charge is 0.222 e. The zero-order valence-electron chi connectivity index (χ0n) is 9.07. The third-order valence-electron chi connectivity index (χ3n) is 2.61. The van der Waals surface area contributed by atoms with E-state index in [4.69, 9.17) is 0 Å².